The van der Waals surface area contributed by atoms with Crippen molar-refractivity contribution in [1.82, 2.24) is 9.88 Å². The third-order valence-electron chi connectivity index (χ3n) is 6.48. The molecular weight excluding hydrogens is 522 g/mol. The first-order valence-corrected chi connectivity index (χ1v) is 15.3. The Morgan fingerprint density at radius 1 is 1.17 bits per heavy atom. The molecule has 1 aliphatic carbocycles. The van der Waals surface area contributed by atoms with E-state index >= 15 is 0 Å². The minimum absolute atomic E-state index is 0.115. The van der Waals surface area contributed by atoms with Gasteiger partial charge in [0.05, 0.1) is 12.6 Å². The van der Waals surface area contributed by atoms with Gasteiger partial charge in [-0.2, -0.15) is 0 Å². The summed E-state index contributed by atoms with van der Waals surface area (Å²) in [5.41, 5.74) is 7.73. The van der Waals surface area contributed by atoms with E-state index in [1.54, 1.807) is 13.1 Å². The lowest BCUT2D eigenvalue weighted by Gasteiger charge is -2.16. The summed E-state index contributed by atoms with van der Waals surface area (Å²) in [4.78, 5) is 20.7. The van der Waals surface area contributed by atoms with E-state index in [2.05, 4.69) is 54.5 Å². The maximum Gasteiger partial charge on any atom is 0.245 e. The van der Waals surface area contributed by atoms with Crippen molar-refractivity contribution < 1.29 is 18.0 Å². The minimum atomic E-state index is -2.59. The summed E-state index contributed by atoms with van der Waals surface area (Å²) >= 11 is 0. The Bertz CT molecular complexity index is 810. The van der Waals surface area contributed by atoms with Crippen LogP contribution in [0.25, 0.3) is 0 Å². The average molecular weight is 585 g/mol. The number of alkyl halides is 2. The predicted octanol–water partition coefficient (Wildman–Crippen LogP) is 8.99. The molecule has 0 saturated heterocycles. The van der Waals surface area contributed by atoms with E-state index in [0.29, 0.717) is 12.3 Å². The Morgan fingerprint density at radius 3 is 2.15 bits per heavy atom. The first-order chi connectivity index (χ1) is 19.5. The van der Waals surface area contributed by atoms with Gasteiger partial charge in [-0.25, -0.2) is 13.8 Å². The maximum absolute atomic E-state index is 12.8. The summed E-state index contributed by atoms with van der Waals surface area (Å²) in [6.45, 7) is 24.4. The summed E-state index contributed by atoms with van der Waals surface area (Å²) in [5, 5.41) is 0. The SMILES string of the molecule is C=C.CC.CC1CCCCC1.CCN1CCC(C)=C(N=C(C)CCC(C)(F)F)CC1.CN.Cc1cnc(CC=O)o1. The van der Waals surface area contributed by atoms with Crippen LogP contribution in [0.4, 0.5) is 8.78 Å². The number of hydrogen-bond acceptors (Lipinski definition) is 6. The van der Waals surface area contributed by atoms with Gasteiger partial charge in [-0.3, -0.25) is 4.99 Å². The second kappa shape index (κ2) is 28.0. The molecule has 1 aromatic heterocycles. The van der Waals surface area contributed by atoms with Crippen LogP contribution in [0, 0.1) is 12.8 Å². The third-order valence-corrected chi connectivity index (χ3v) is 6.48. The number of aryl methyl sites for hydroxylation is 1. The fraction of sp³-hybridized carbons (Fsp3) is 0.727. The molecule has 2 aliphatic rings. The van der Waals surface area contributed by atoms with Gasteiger partial charge in [0.2, 0.25) is 11.8 Å². The van der Waals surface area contributed by atoms with Crippen LogP contribution in [0.1, 0.15) is 118 Å². The van der Waals surface area contributed by atoms with Crippen molar-refractivity contribution >= 4 is 12.0 Å². The molecule has 3 rings (SSSR count). The summed E-state index contributed by atoms with van der Waals surface area (Å²) in [6.07, 6.45) is 12.3. The maximum atomic E-state index is 12.8. The zero-order chi connectivity index (χ0) is 32.3. The van der Waals surface area contributed by atoms with Crippen LogP contribution in [-0.4, -0.2) is 54.5 Å². The number of rotatable bonds is 7. The molecule has 0 radical (unpaired) electrons. The van der Waals surface area contributed by atoms with Crippen LogP contribution in [0.15, 0.2) is 40.0 Å². The Morgan fingerprint density at radius 2 is 1.73 bits per heavy atom. The molecule has 6 nitrogen and oxygen atoms in total. The molecule has 0 aromatic carbocycles. The number of carbonyl (C=O) groups excluding carboxylic acids is 1. The predicted molar refractivity (Wildman–Crippen MR) is 173 cm³/mol. The lowest BCUT2D eigenvalue weighted by Crippen LogP contribution is -2.24. The van der Waals surface area contributed by atoms with Crippen LogP contribution in [0.5, 0.6) is 0 Å². The Balaban J connectivity index is -0.000000543. The molecule has 2 heterocycles. The van der Waals surface area contributed by atoms with Crippen molar-refractivity contribution in [3.05, 3.63) is 42.3 Å². The lowest BCUT2D eigenvalue weighted by atomic mass is 9.91. The molecule has 1 aromatic rings. The van der Waals surface area contributed by atoms with E-state index in [9.17, 15) is 13.6 Å². The smallest absolute Gasteiger partial charge is 0.245 e. The Labute approximate surface area is 251 Å². The van der Waals surface area contributed by atoms with Crippen LogP contribution in [-0.2, 0) is 11.2 Å². The highest BCUT2D eigenvalue weighted by Crippen LogP contribution is 2.23. The molecule has 2 N–H and O–H groups in total. The fourth-order valence-corrected chi connectivity index (χ4v) is 4.09. The molecule has 1 fully saturated rings. The first kappa shape index (κ1) is 43.3. The van der Waals surface area contributed by atoms with Crippen molar-refractivity contribution in [3.8, 4) is 0 Å². The van der Waals surface area contributed by atoms with Crippen LogP contribution < -0.4 is 5.73 Å². The molecule has 1 saturated carbocycles. The number of nitrogens with zero attached hydrogens (tertiary/aromatic N) is 3. The van der Waals surface area contributed by atoms with Gasteiger partial charge in [-0.1, -0.05) is 65.4 Å². The van der Waals surface area contributed by atoms with E-state index in [4.69, 9.17) is 4.42 Å². The van der Waals surface area contributed by atoms with Crippen LogP contribution in [0.2, 0.25) is 0 Å². The highest BCUT2D eigenvalue weighted by Gasteiger charge is 2.21. The average Bonchev–Trinajstić information content (AvgIpc) is 3.31. The lowest BCUT2D eigenvalue weighted by molar-refractivity contribution is -0.107. The number of carbonyl (C=O) groups is 1. The number of halogens is 2. The molecule has 0 spiro atoms. The number of aldehydes is 1. The second-order valence-electron chi connectivity index (χ2n) is 10.1. The van der Waals surface area contributed by atoms with Crippen molar-refractivity contribution in [2.75, 3.05) is 26.7 Å². The van der Waals surface area contributed by atoms with E-state index in [1.165, 1.54) is 44.7 Å². The number of aliphatic imine (C=N–C) groups is 1. The molecule has 0 unspecified atom stereocenters. The topological polar surface area (TPSA) is 84.7 Å². The zero-order valence-electron chi connectivity index (χ0n) is 27.8. The van der Waals surface area contributed by atoms with Gasteiger partial charge in [0.25, 0.3) is 0 Å². The van der Waals surface area contributed by atoms with Crippen molar-refractivity contribution in [1.29, 1.82) is 0 Å². The zero-order valence-corrected chi connectivity index (χ0v) is 27.8. The second-order valence-corrected chi connectivity index (χ2v) is 10.1. The Kier molecular flexibility index (Phi) is 29.5. The van der Waals surface area contributed by atoms with E-state index in [0.717, 1.165) is 68.8 Å². The number of nitrogens with two attached hydrogens (primary N) is 1. The number of oxazole rings is 1. The minimum Gasteiger partial charge on any atom is -0.446 e. The normalized spacial score (nSPS) is 16.0. The molecule has 1 aliphatic heterocycles. The van der Waals surface area contributed by atoms with Gasteiger partial charge in [0.15, 0.2) is 0 Å². The summed E-state index contributed by atoms with van der Waals surface area (Å²) in [6, 6.07) is 0. The van der Waals surface area contributed by atoms with E-state index < -0.39 is 5.92 Å². The number of aromatic nitrogens is 1. The number of hydrogen-bond donors (Lipinski definition) is 1. The molecule has 240 valence electrons. The van der Waals surface area contributed by atoms with Gasteiger partial charge < -0.3 is 19.8 Å². The third kappa shape index (κ3) is 25.3. The molecular formula is C33H62F2N4O2. The monoisotopic (exact) mass is 584 g/mol. The van der Waals surface area contributed by atoms with E-state index in [1.807, 2.05) is 20.8 Å². The molecule has 0 bridgehead atoms. The quantitative estimate of drug-likeness (QED) is 0.196. The van der Waals surface area contributed by atoms with Crippen molar-refractivity contribution in [2.24, 2.45) is 16.6 Å². The molecule has 8 heteroatoms. The van der Waals surface area contributed by atoms with Gasteiger partial charge in [-0.05, 0) is 60.0 Å². The molecule has 0 amide bonds. The van der Waals surface area contributed by atoms with E-state index in [-0.39, 0.29) is 12.8 Å². The largest absolute Gasteiger partial charge is 0.446 e. The molecule has 41 heavy (non-hydrogen) atoms. The van der Waals surface area contributed by atoms with Crippen LogP contribution in [0.3, 0.4) is 0 Å². The van der Waals surface area contributed by atoms with Gasteiger partial charge in [-0.15, -0.1) is 13.2 Å². The van der Waals surface area contributed by atoms with Crippen molar-refractivity contribution in [2.45, 2.75) is 126 Å². The summed E-state index contributed by atoms with van der Waals surface area (Å²) < 4.78 is 30.6. The van der Waals surface area contributed by atoms with Gasteiger partial charge >= 0.3 is 0 Å². The highest BCUT2D eigenvalue weighted by atomic mass is 19.3. The standard InChI is InChI=1S/C15H26F2N2.C7H14.C6H7NO2.C2H6.C2H4.CH5N/c1-5-19-10-7-12(2)14(8-11-19)18-13(3)6-9-15(4,16)17;1-7-5-3-2-4-6-7;1-5-4-7-6(9-5)2-3-8;3*1-2/h5-11H2,1-4H3;7H,2-6H2,1H3;3-4H,2H2,1H3;1-2H3;1-2H2;2H2,1H3. The Hall–Kier alpha value is -2.19. The van der Waals surface area contributed by atoms with Crippen LogP contribution >= 0.6 is 0 Å². The summed E-state index contributed by atoms with van der Waals surface area (Å²) in [7, 11) is 1.50. The first-order valence-electron chi connectivity index (χ1n) is 15.3. The molecule has 0 atom stereocenters. The van der Waals surface area contributed by atoms with Crippen molar-refractivity contribution in [3.63, 3.8) is 0 Å². The highest BCUT2D eigenvalue weighted by molar-refractivity contribution is 5.83. The van der Waals surface area contributed by atoms with Gasteiger partial charge in [0.1, 0.15) is 12.0 Å². The fourth-order valence-electron chi connectivity index (χ4n) is 4.09. The summed E-state index contributed by atoms with van der Waals surface area (Å²) in [5.74, 6) is -0.328. The van der Waals surface area contributed by atoms with Gasteiger partial charge in [0, 0.05) is 37.3 Å².